The minimum atomic E-state index is -0.231. The zero-order chi connectivity index (χ0) is 11.5. The predicted molar refractivity (Wildman–Crippen MR) is 63.2 cm³/mol. The van der Waals surface area contributed by atoms with E-state index in [1.165, 1.54) is 0 Å². The average molecular weight is 228 g/mol. The lowest BCUT2D eigenvalue weighted by atomic mass is 9.82. The molecule has 2 aliphatic rings. The highest BCUT2D eigenvalue weighted by atomic mass is 16.5. The molecule has 1 heterocycles. The van der Waals surface area contributed by atoms with E-state index in [1.54, 1.807) is 7.11 Å². The minimum Gasteiger partial charge on any atom is -0.390 e. The molecule has 2 fully saturated rings. The third kappa shape index (κ3) is 2.56. The second-order valence-electron chi connectivity index (χ2n) is 5.14. The van der Waals surface area contributed by atoms with Crippen LogP contribution in [0.25, 0.3) is 0 Å². The molecule has 1 aliphatic heterocycles. The van der Waals surface area contributed by atoms with Crippen LogP contribution in [0.15, 0.2) is 0 Å². The van der Waals surface area contributed by atoms with Gasteiger partial charge in [0.05, 0.1) is 18.4 Å². The Morgan fingerprint density at radius 3 is 2.50 bits per heavy atom. The van der Waals surface area contributed by atoms with Crippen LogP contribution in [0.5, 0.6) is 0 Å². The molecule has 0 aromatic rings. The lowest BCUT2D eigenvalue weighted by Crippen LogP contribution is -2.48. The number of nitrogens with one attached hydrogen (secondary N) is 1. The van der Waals surface area contributed by atoms with Crippen molar-refractivity contribution < 1.29 is 9.84 Å². The van der Waals surface area contributed by atoms with Crippen molar-refractivity contribution in [2.24, 2.45) is 5.92 Å². The molecule has 1 saturated heterocycles. The van der Waals surface area contributed by atoms with Gasteiger partial charge in [0.1, 0.15) is 0 Å². The Balaban J connectivity index is 1.83. The molecule has 0 bridgehead atoms. The predicted octanol–water partition coefficient (Wildman–Crippen LogP) is 0.414. The third-order valence-electron chi connectivity index (χ3n) is 4.15. The summed E-state index contributed by atoms with van der Waals surface area (Å²) in [5, 5.41) is 13.7. The lowest BCUT2D eigenvalue weighted by molar-refractivity contribution is -0.0140. The summed E-state index contributed by atoms with van der Waals surface area (Å²) in [6, 6.07) is 0. The van der Waals surface area contributed by atoms with Crippen molar-refractivity contribution in [2.45, 2.75) is 44.1 Å². The highest BCUT2D eigenvalue weighted by Gasteiger charge is 2.35. The van der Waals surface area contributed by atoms with Gasteiger partial charge in [0.15, 0.2) is 0 Å². The first-order valence-corrected chi connectivity index (χ1v) is 6.37. The number of ether oxygens (including phenoxy) is 1. The molecule has 4 nitrogen and oxygen atoms in total. The monoisotopic (exact) mass is 228 g/mol. The molecule has 1 unspecified atom stereocenters. The molecule has 2 atom stereocenters. The topological polar surface area (TPSA) is 44.7 Å². The van der Waals surface area contributed by atoms with Crippen molar-refractivity contribution in [3.8, 4) is 0 Å². The van der Waals surface area contributed by atoms with Crippen LogP contribution in [0.1, 0.15) is 25.7 Å². The van der Waals surface area contributed by atoms with Gasteiger partial charge in [-0.25, -0.2) is 0 Å². The largest absolute Gasteiger partial charge is 0.390 e. The summed E-state index contributed by atoms with van der Waals surface area (Å²) in [6.07, 6.45) is 4.70. The van der Waals surface area contributed by atoms with E-state index in [1.807, 2.05) is 0 Å². The lowest BCUT2D eigenvalue weighted by Gasteiger charge is -2.35. The van der Waals surface area contributed by atoms with Gasteiger partial charge < -0.3 is 9.84 Å². The highest BCUT2D eigenvalue weighted by Crippen LogP contribution is 2.30. The Hall–Kier alpha value is -0.160. The van der Waals surface area contributed by atoms with Crippen molar-refractivity contribution in [1.82, 2.24) is 10.2 Å². The van der Waals surface area contributed by atoms with E-state index in [0.717, 1.165) is 38.8 Å². The van der Waals surface area contributed by atoms with Crippen molar-refractivity contribution in [2.75, 3.05) is 27.2 Å². The zero-order valence-electron chi connectivity index (χ0n) is 10.4. The maximum absolute atomic E-state index is 10.4. The Morgan fingerprint density at radius 2 is 2.00 bits per heavy atom. The summed E-state index contributed by atoms with van der Waals surface area (Å²) in [7, 11) is 3.86. The van der Waals surface area contributed by atoms with Gasteiger partial charge in [-0.3, -0.25) is 10.2 Å². The van der Waals surface area contributed by atoms with E-state index < -0.39 is 0 Å². The summed E-state index contributed by atoms with van der Waals surface area (Å²) >= 11 is 0. The molecular weight excluding hydrogens is 204 g/mol. The maximum atomic E-state index is 10.4. The molecule has 0 aromatic heterocycles. The molecule has 0 aromatic carbocycles. The van der Waals surface area contributed by atoms with Crippen molar-refractivity contribution in [3.63, 3.8) is 0 Å². The molecule has 2 N–H and O–H groups in total. The molecule has 94 valence electrons. The van der Waals surface area contributed by atoms with Crippen molar-refractivity contribution in [3.05, 3.63) is 0 Å². The first-order valence-electron chi connectivity index (χ1n) is 6.37. The number of nitrogens with zero attached hydrogens (tertiary/aromatic N) is 1. The van der Waals surface area contributed by atoms with Gasteiger partial charge in [-0.05, 0) is 38.6 Å². The van der Waals surface area contributed by atoms with Gasteiger partial charge in [0.2, 0.25) is 0 Å². The molecule has 1 saturated carbocycles. The van der Waals surface area contributed by atoms with Crippen LogP contribution in [0, 0.1) is 5.92 Å². The minimum absolute atomic E-state index is 0.157. The summed E-state index contributed by atoms with van der Waals surface area (Å²) in [4.78, 5) is 2.22. The normalized spacial score (nSPS) is 38.8. The van der Waals surface area contributed by atoms with Gasteiger partial charge in [0, 0.05) is 20.2 Å². The van der Waals surface area contributed by atoms with Crippen LogP contribution in [0.3, 0.4) is 0 Å². The van der Waals surface area contributed by atoms with E-state index in [0.29, 0.717) is 12.0 Å². The maximum Gasteiger partial charge on any atom is 0.0866 e. The molecule has 0 amide bonds. The molecule has 4 heteroatoms. The third-order valence-corrected chi connectivity index (χ3v) is 4.15. The molecular formula is C12H24N2O2. The van der Waals surface area contributed by atoms with Gasteiger partial charge in [-0.1, -0.05) is 0 Å². The number of rotatable bonds is 3. The Morgan fingerprint density at radius 1 is 1.31 bits per heavy atom. The molecule has 1 aliphatic carbocycles. The van der Waals surface area contributed by atoms with Crippen molar-refractivity contribution in [1.29, 1.82) is 0 Å². The van der Waals surface area contributed by atoms with E-state index >= 15 is 0 Å². The van der Waals surface area contributed by atoms with E-state index in [4.69, 9.17) is 4.74 Å². The van der Waals surface area contributed by atoms with Crippen LogP contribution in [-0.4, -0.2) is 55.6 Å². The highest BCUT2D eigenvalue weighted by molar-refractivity contribution is 4.88. The standard InChI is InChI=1S/C12H24N2O2/c1-14-8-7-13-12(14)11(15)9-3-5-10(16-2)6-4-9/h9-13,15H,3-8H2,1-2H3/t9?,10?,11-,12?/m1/s1. The second kappa shape index (κ2) is 5.45. The second-order valence-corrected chi connectivity index (χ2v) is 5.14. The van der Waals surface area contributed by atoms with Crippen LogP contribution < -0.4 is 5.32 Å². The molecule has 0 radical (unpaired) electrons. The van der Waals surface area contributed by atoms with Crippen LogP contribution in [0.2, 0.25) is 0 Å². The number of likely N-dealkylation sites (N-methyl/N-ethyl adjacent to an activating group) is 1. The fraction of sp³-hybridized carbons (Fsp3) is 1.00. The fourth-order valence-electron chi connectivity index (χ4n) is 2.99. The summed E-state index contributed by atoms with van der Waals surface area (Å²) in [5.74, 6) is 0.435. The molecule has 16 heavy (non-hydrogen) atoms. The summed E-state index contributed by atoms with van der Waals surface area (Å²) < 4.78 is 5.36. The number of hydrogen-bond donors (Lipinski definition) is 2. The number of aliphatic hydroxyl groups excluding tert-OH is 1. The SMILES string of the molecule is COC1CCC([C@@H](O)C2NCCN2C)CC1. The molecule has 0 spiro atoms. The van der Waals surface area contributed by atoms with Gasteiger partial charge in [-0.2, -0.15) is 0 Å². The van der Waals surface area contributed by atoms with E-state index in [-0.39, 0.29) is 12.3 Å². The quantitative estimate of drug-likeness (QED) is 0.734. The number of aliphatic hydroxyl groups is 1. The Labute approximate surface area is 98.0 Å². The van der Waals surface area contributed by atoms with Crippen LogP contribution in [-0.2, 0) is 4.74 Å². The van der Waals surface area contributed by atoms with Gasteiger partial charge in [0.25, 0.3) is 0 Å². The average Bonchev–Trinajstić information content (AvgIpc) is 2.75. The Kier molecular flexibility index (Phi) is 4.19. The summed E-state index contributed by atoms with van der Waals surface area (Å²) in [6.45, 7) is 2.03. The van der Waals surface area contributed by atoms with E-state index in [2.05, 4.69) is 17.3 Å². The van der Waals surface area contributed by atoms with E-state index in [9.17, 15) is 5.11 Å². The zero-order valence-corrected chi connectivity index (χ0v) is 10.4. The van der Waals surface area contributed by atoms with Crippen LogP contribution in [0.4, 0.5) is 0 Å². The molecule has 2 rings (SSSR count). The van der Waals surface area contributed by atoms with Crippen molar-refractivity contribution >= 4 is 0 Å². The first kappa shape index (κ1) is 12.3. The first-order chi connectivity index (χ1) is 7.72. The van der Waals surface area contributed by atoms with Gasteiger partial charge >= 0.3 is 0 Å². The van der Waals surface area contributed by atoms with Gasteiger partial charge in [-0.15, -0.1) is 0 Å². The fourth-order valence-corrected chi connectivity index (χ4v) is 2.99. The smallest absolute Gasteiger partial charge is 0.0866 e. The number of methoxy groups -OCH3 is 1. The van der Waals surface area contributed by atoms with Crippen LogP contribution >= 0.6 is 0 Å². The Bertz CT molecular complexity index is 217. The number of hydrogen-bond acceptors (Lipinski definition) is 4. The summed E-state index contributed by atoms with van der Waals surface area (Å²) in [5.41, 5.74) is 0.